The second-order valence-electron chi connectivity index (χ2n) is 4.51. The topological polar surface area (TPSA) is 32.3 Å². The van der Waals surface area contributed by atoms with Gasteiger partial charge in [0.1, 0.15) is 5.75 Å². The molecule has 5 heteroatoms. The van der Waals surface area contributed by atoms with Gasteiger partial charge in [0.15, 0.2) is 0 Å². The molecule has 2 aromatic carbocycles. The van der Waals surface area contributed by atoms with E-state index in [9.17, 15) is 18.3 Å². The standard InChI is InChI=1S/C15H14F3NO/c1-10-3-2-4-11(14(10)20)9-19-13-7-5-12(6-8-13)15(16,17)18/h2-8,19-20H,9H2,1H3. The molecular weight excluding hydrogens is 267 g/mol. The average molecular weight is 281 g/mol. The van der Waals surface area contributed by atoms with E-state index in [1.165, 1.54) is 12.1 Å². The lowest BCUT2D eigenvalue weighted by Gasteiger charge is -2.11. The van der Waals surface area contributed by atoms with Gasteiger partial charge in [-0.25, -0.2) is 0 Å². The third kappa shape index (κ3) is 3.23. The van der Waals surface area contributed by atoms with Crippen LogP contribution in [0.15, 0.2) is 42.5 Å². The van der Waals surface area contributed by atoms with E-state index < -0.39 is 11.7 Å². The molecule has 2 aromatic rings. The van der Waals surface area contributed by atoms with Crippen molar-refractivity contribution in [2.75, 3.05) is 5.32 Å². The van der Waals surface area contributed by atoms with Crippen LogP contribution in [0.4, 0.5) is 18.9 Å². The molecule has 2 nitrogen and oxygen atoms in total. The summed E-state index contributed by atoms with van der Waals surface area (Å²) in [6, 6.07) is 10.2. The van der Waals surface area contributed by atoms with Gasteiger partial charge >= 0.3 is 6.18 Å². The first kappa shape index (κ1) is 14.2. The fourth-order valence-electron chi connectivity index (χ4n) is 1.84. The van der Waals surface area contributed by atoms with Crippen LogP contribution in [0.25, 0.3) is 0 Å². The highest BCUT2D eigenvalue weighted by Gasteiger charge is 2.29. The fraction of sp³-hybridized carbons (Fsp3) is 0.200. The summed E-state index contributed by atoms with van der Waals surface area (Å²) >= 11 is 0. The van der Waals surface area contributed by atoms with E-state index in [-0.39, 0.29) is 5.75 Å². The van der Waals surface area contributed by atoms with Crippen LogP contribution in [-0.4, -0.2) is 5.11 Å². The van der Waals surface area contributed by atoms with Crippen LogP contribution in [0, 0.1) is 6.92 Å². The molecule has 0 amide bonds. The summed E-state index contributed by atoms with van der Waals surface area (Å²) in [7, 11) is 0. The quantitative estimate of drug-likeness (QED) is 0.877. The Balaban J connectivity index is 2.06. The van der Waals surface area contributed by atoms with Gasteiger partial charge in [0, 0.05) is 17.8 Å². The van der Waals surface area contributed by atoms with Gasteiger partial charge in [0.25, 0.3) is 0 Å². The highest BCUT2D eigenvalue weighted by molar-refractivity contribution is 5.47. The lowest BCUT2D eigenvalue weighted by molar-refractivity contribution is -0.137. The Kier molecular flexibility index (Phi) is 3.88. The average Bonchev–Trinajstić information content (AvgIpc) is 2.40. The van der Waals surface area contributed by atoms with E-state index in [0.29, 0.717) is 17.8 Å². The van der Waals surface area contributed by atoms with E-state index in [0.717, 1.165) is 17.7 Å². The van der Waals surface area contributed by atoms with Crippen molar-refractivity contribution in [1.82, 2.24) is 0 Å². The molecule has 0 aliphatic carbocycles. The van der Waals surface area contributed by atoms with Gasteiger partial charge in [-0.3, -0.25) is 0 Å². The van der Waals surface area contributed by atoms with Crippen LogP contribution < -0.4 is 5.32 Å². The number of alkyl halides is 3. The molecule has 0 aliphatic rings. The second-order valence-corrected chi connectivity index (χ2v) is 4.51. The molecule has 2 rings (SSSR count). The van der Waals surface area contributed by atoms with E-state index in [1.54, 1.807) is 19.1 Å². The molecule has 0 bridgehead atoms. The molecule has 0 radical (unpaired) electrons. The van der Waals surface area contributed by atoms with Crippen molar-refractivity contribution >= 4 is 5.69 Å². The second kappa shape index (κ2) is 5.45. The number of para-hydroxylation sites is 1. The maximum Gasteiger partial charge on any atom is 0.416 e. The first-order valence-corrected chi connectivity index (χ1v) is 6.06. The molecule has 0 aliphatic heterocycles. The minimum Gasteiger partial charge on any atom is -0.507 e. The zero-order chi connectivity index (χ0) is 14.8. The van der Waals surface area contributed by atoms with Gasteiger partial charge in [-0.1, -0.05) is 18.2 Å². The van der Waals surface area contributed by atoms with Crippen LogP contribution in [0.2, 0.25) is 0 Å². The van der Waals surface area contributed by atoms with Gasteiger partial charge in [-0.15, -0.1) is 0 Å². The van der Waals surface area contributed by atoms with E-state index >= 15 is 0 Å². The molecular formula is C15H14F3NO. The van der Waals surface area contributed by atoms with Crippen LogP contribution in [-0.2, 0) is 12.7 Å². The summed E-state index contributed by atoms with van der Waals surface area (Å²) in [5, 5.41) is 12.8. The van der Waals surface area contributed by atoms with Crippen molar-refractivity contribution in [3.63, 3.8) is 0 Å². The highest BCUT2D eigenvalue weighted by atomic mass is 19.4. The molecule has 0 unspecified atom stereocenters. The third-order valence-corrected chi connectivity index (χ3v) is 3.02. The highest BCUT2D eigenvalue weighted by Crippen LogP contribution is 2.30. The molecule has 0 atom stereocenters. The number of anilines is 1. The molecule has 106 valence electrons. The number of aromatic hydroxyl groups is 1. The van der Waals surface area contributed by atoms with Crippen molar-refractivity contribution in [1.29, 1.82) is 0 Å². The predicted molar refractivity (Wildman–Crippen MR) is 71.6 cm³/mol. The smallest absolute Gasteiger partial charge is 0.416 e. The molecule has 0 aromatic heterocycles. The molecule has 0 saturated heterocycles. The zero-order valence-electron chi connectivity index (χ0n) is 10.8. The summed E-state index contributed by atoms with van der Waals surface area (Å²) in [5.74, 6) is 0.201. The Morgan fingerprint density at radius 1 is 1.05 bits per heavy atom. The van der Waals surface area contributed by atoms with Crippen molar-refractivity contribution < 1.29 is 18.3 Å². The predicted octanol–water partition coefficient (Wildman–Crippen LogP) is 4.33. The summed E-state index contributed by atoms with van der Waals surface area (Å²) < 4.78 is 37.2. The summed E-state index contributed by atoms with van der Waals surface area (Å²) in [6.45, 7) is 2.13. The molecule has 20 heavy (non-hydrogen) atoms. The van der Waals surface area contributed by atoms with Crippen LogP contribution in [0.5, 0.6) is 5.75 Å². The van der Waals surface area contributed by atoms with Gasteiger partial charge in [0.2, 0.25) is 0 Å². The van der Waals surface area contributed by atoms with Gasteiger partial charge < -0.3 is 10.4 Å². The largest absolute Gasteiger partial charge is 0.507 e. The summed E-state index contributed by atoms with van der Waals surface area (Å²) in [6.07, 6.45) is -4.33. The van der Waals surface area contributed by atoms with Crippen LogP contribution in [0.1, 0.15) is 16.7 Å². The van der Waals surface area contributed by atoms with Crippen molar-refractivity contribution in [3.8, 4) is 5.75 Å². The van der Waals surface area contributed by atoms with Crippen molar-refractivity contribution in [3.05, 3.63) is 59.2 Å². The number of halogens is 3. The van der Waals surface area contributed by atoms with E-state index in [4.69, 9.17) is 0 Å². The lowest BCUT2D eigenvalue weighted by Crippen LogP contribution is -2.05. The maximum atomic E-state index is 12.4. The summed E-state index contributed by atoms with van der Waals surface area (Å²) in [4.78, 5) is 0. The SMILES string of the molecule is Cc1cccc(CNc2ccc(C(F)(F)F)cc2)c1O. The Morgan fingerprint density at radius 2 is 1.70 bits per heavy atom. The number of aryl methyl sites for hydroxylation is 1. The molecule has 0 heterocycles. The van der Waals surface area contributed by atoms with Crippen LogP contribution >= 0.6 is 0 Å². The van der Waals surface area contributed by atoms with E-state index in [1.807, 2.05) is 6.07 Å². The Labute approximate surface area is 114 Å². The molecule has 0 saturated carbocycles. The fourth-order valence-corrected chi connectivity index (χ4v) is 1.84. The van der Waals surface area contributed by atoms with Gasteiger partial charge in [-0.2, -0.15) is 13.2 Å². The molecule has 0 fully saturated rings. The Bertz CT molecular complexity index is 591. The number of nitrogens with one attached hydrogen (secondary N) is 1. The first-order chi connectivity index (χ1) is 9.38. The normalized spacial score (nSPS) is 11.4. The number of phenols is 1. The minimum atomic E-state index is -4.33. The third-order valence-electron chi connectivity index (χ3n) is 3.02. The lowest BCUT2D eigenvalue weighted by atomic mass is 10.1. The molecule has 2 N–H and O–H groups in total. The summed E-state index contributed by atoms with van der Waals surface area (Å²) in [5.41, 5.74) is 1.35. The zero-order valence-corrected chi connectivity index (χ0v) is 10.8. The number of phenolic OH excluding ortho intramolecular Hbond substituents is 1. The number of benzene rings is 2. The van der Waals surface area contributed by atoms with Gasteiger partial charge in [-0.05, 0) is 36.8 Å². The van der Waals surface area contributed by atoms with Crippen LogP contribution in [0.3, 0.4) is 0 Å². The van der Waals surface area contributed by atoms with E-state index in [2.05, 4.69) is 5.32 Å². The first-order valence-electron chi connectivity index (χ1n) is 6.06. The Hall–Kier alpha value is -2.17. The number of hydrogen-bond donors (Lipinski definition) is 2. The maximum absolute atomic E-state index is 12.4. The Morgan fingerprint density at radius 3 is 2.30 bits per heavy atom. The number of rotatable bonds is 3. The molecule has 0 spiro atoms. The van der Waals surface area contributed by atoms with Crippen molar-refractivity contribution in [2.45, 2.75) is 19.6 Å². The van der Waals surface area contributed by atoms with Crippen molar-refractivity contribution in [2.24, 2.45) is 0 Å². The minimum absolute atomic E-state index is 0.201. The number of hydrogen-bond acceptors (Lipinski definition) is 2. The van der Waals surface area contributed by atoms with Gasteiger partial charge in [0.05, 0.1) is 5.56 Å². The monoisotopic (exact) mass is 281 g/mol.